The number of methoxy groups -OCH3 is 1. The topological polar surface area (TPSA) is 91.3 Å². The fourth-order valence-electron chi connectivity index (χ4n) is 3.35. The van der Waals surface area contributed by atoms with E-state index in [-0.39, 0.29) is 28.8 Å². The van der Waals surface area contributed by atoms with Crippen LogP contribution in [0.15, 0.2) is 32.0 Å². The molecule has 8 heteroatoms. The van der Waals surface area contributed by atoms with Crippen LogP contribution in [0.25, 0.3) is 21.9 Å². The molecule has 0 saturated carbocycles. The van der Waals surface area contributed by atoms with Gasteiger partial charge in [0.05, 0.1) is 18.8 Å². The van der Waals surface area contributed by atoms with Gasteiger partial charge in [0.2, 0.25) is 5.75 Å². The van der Waals surface area contributed by atoms with E-state index in [1.165, 1.54) is 19.4 Å². The van der Waals surface area contributed by atoms with Crippen molar-refractivity contribution in [2.45, 2.75) is 33.8 Å². The molecule has 0 radical (unpaired) electrons. The Morgan fingerprint density at radius 2 is 1.93 bits per heavy atom. The molecule has 8 nitrogen and oxygen atoms in total. The molecule has 2 aromatic heterocycles. The van der Waals surface area contributed by atoms with Crippen LogP contribution in [-0.2, 0) is 9.53 Å². The molecule has 0 N–H and O–H groups in total. The summed E-state index contributed by atoms with van der Waals surface area (Å²) in [5, 5.41) is 0.701. The molecular weight excluding hydrogens is 390 g/mol. The summed E-state index contributed by atoms with van der Waals surface area (Å²) < 4.78 is 28.0. The van der Waals surface area contributed by atoms with Crippen molar-refractivity contribution >= 4 is 27.9 Å². The number of carbonyl (C=O) groups excluding carboxylic acids is 1. The normalized spacial score (nSPS) is 12.5. The second-order valence-electron chi connectivity index (χ2n) is 6.91. The van der Waals surface area contributed by atoms with Crippen molar-refractivity contribution in [3.8, 4) is 11.5 Å². The maximum atomic E-state index is 12.8. The number of furan rings is 1. The number of esters is 1. The zero-order chi connectivity index (χ0) is 21.8. The molecule has 0 amide bonds. The first-order valence-corrected chi connectivity index (χ1v) is 9.98. The molecule has 3 rings (SSSR count). The summed E-state index contributed by atoms with van der Waals surface area (Å²) in [7, 11) is 1.47. The van der Waals surface area contributed by atoms with E-state index < -0.39 is 12.1 Å². The van der Waals surface area contributed by atoms with Gasteiger partial charge in [-0.05, 0) is 33.0 Å². The smallest absolute Gasteiger partial charge is 0.347 e. The number of hydrogen-bond donors (Lipinski definition) is 0. The van der Waals surface area contributed by atoms with Crippen molar-refractivity contribution in [3.05, 3.63) is 34.4 Å². The summed E-state index contributed by atoms with van der Waals surface area (Å²) in [4.78, 5) is 27.4. The van der Waals surface area contributed by atoms with Gasteiger partial charge in [0, 0.05) is 12.6 Å². The number of carbonyl (C=O) groups is 1. The molecule has 0 aliphatic carbocycles. The molecule has 2 heterocycles. The van der Waals surface area contributed by atoms with Crippen molar-refractivity contribution in [1.82, 2.24) is 4.90 Å². The molecule has 1 atom stereocenters. The Morgan fingerprint density at radius 3 is 2.60 bits per heavy atom. The molecule has 1 aromatic carbocycles. The van der Waals surface area contributed by atoms with Gasteiger partial charge in [-0.1, -0.05) is 13.8 Å². The number of benzene rings is 1. The number of rotatable bonds is 9. The third-order valence-electron chi connectivity index (χ3n) is 5.00. The number of likely N-dealkylation sites (N-methyl/N-ethyl adjacent to an activating group) is 1. The highest BCUT2D eigenvalue weighted by Crippen LogP contribution is 2.42. The van der Waals surface area contributed by atoms with Gasteiger partial charge in [0.15, 0.2) is 22.7 Å². The Kier molecular flexibility index (Phi) is 6.66. The molecule has 0 spiro atoms. The van der Waals surface area contributed by atoms with Gasteiger partial charge in [0.25, 0.3) is 0 Å². The third kappa shape index (κ3) is 4.14. The van der Waals surface area contributed by atoms with Crippen molar-refractivity contribution in [3.63, 3.8) is 0 Å². The van der Waals surface area contributed by atoms with E-state index in [0.717, 1.165) is 13.1 Å². The molecule has 0 aliphatic heterocycles. The van der Waals surface area contributed by atoms with Gasteiger partial charge in [-0.25, -0.2) is 4.79 Å². The maximum Gasteiger partial charge on any atom is 0.347 e. The molecule has 30 heavy (non-hydrogen) atoms. The van der Waals surface area contributed by atoms with Crippen LogP contribution in [0.1, 0.15) is 26.5 Å². The number of hydrogen-bond acceptors (Lipinski definition) is 8. The van der Waals surface area contributed by atoms with Gasteiger partial charge in [-0.3, -0.25) is 4.79 Å². The van der Waals surface area contributed by atoms with Crippen LogP contribution >= 0.6 is 0 Å². The Labute approximate surface area is 174 Å². The van der Waals surface area contributed by atoms with E-state index in [0.29, 0.717) is 29.0 Å². The average molecular weight is 417 g/mol. The molecule has 162 valence electrons. The van der Waals surface area contributed by atoms with Crippen molar-refractivity contribution < 1.29 is 27.8 Å². The van der Waals surface area contributed by atoms with Crippen LogP contribution < -0.4 is 14.9 Å². The first kappa shape index (κ1) is 21.7. The Bertz CT molecular complexity index is 1090. The number of nitrogens with zero attached hydrogens (tertiary/aromatic N) is 1. The van der Waals surface area contributed by atoms with Gasteiger partial charge in [-0.2, -0.15) is 0 Å². The minimum atomic E-state index is -0.933. The highest BCUT2D eigenvalue weighted by Gasteiger charge is 2.26. The lowest BCUT2D eigenvalue weighted by atomic mass is 10.1. The first-order chi connectivity index (χ1) is 14.4. The lowest BCUT2D eigenvalue weighted by Crippen LogP contribution is -2.31. The minimum absolute atomic E-state index is 0.189. The monoisotopic (exact) mass is 417 g/mol. The lowest BCUT2D eigenvalue weighted by molar-refractivity contribution is -0.151. The number of fused-ring (bicyclic) bond motifs is 2. The van der Waals surface area contributed by atoms with Crippen LogP contribution in [0.4, 0.5) is 0 Å². The first-order valence-electron chi connectivity index (χ1n) is 9.98. The van der Waals surface area contributed by atoms with Crippen molar-refractivity contribution in [2.24, 2.45) is 0 Å². The van der Waals surface area contributed by atoms with E-state index in [2.05, 4.69) is 18.7 Å². The predicted octanol–water partition coefficient (Wildman–Crippen LogP) is 3.51. The summed E-state index contributed by atoms with van der Waals surface area (Å²) in [5.41, 5.74) is 0.283. The standard InChI is InChI=1S/C22H27NO7/c1-6-23(7-2)9-11-28-22(25)14(4)30-18-15-8-10-27-19(15)21(26-5)20-17(18)16(24)12-13(3)29-20/h8,10,12,14H,6-7,9,11H2,1-5H3/t14-/m1/s1. The van der Waals surface area contributed by atoms with Crippen LogP contribution in [0, 0.1) is 6.92 Å². The number of aryl methyl sites for hydroxylation is 1. The Morgan fingerprint density at radius 1 is 1.20 bits per heavy atom. The summed E-state index contributed by atoms with van der Waals surface area (Å²) in [5.74, 6) is 0.412. The van der Waals surface area contributed by atoms with E-state index in [9.17, 15) is 9.59 Å². The van der Waals surface area contributed by atoms with Crippen molar-refractivity contribution in [2.75, 3.05) is 33.4 Å². The fraction of sp³-hybridized carbons (Fsp3) is 0.455. The summed E-state index contributed by atoms with van der Waals surface area (Å²) in [6, 6.07) is 3.03. The van der Waals surface area contributed by atoms with E-state index in [1.54, 1.807) is 19.9 Å². The second kappa shape index (κ2) is 9.21. The average Bonchev–Trinajstić information content (AvgIpc) is 3.20. The largest absolute Gasteiger partial charge is 0.490 e. The summed E-state index contributed by atoms with van der Waals surface area (Å²) in [6.07, 6.45) is 0.528. The fourth-order valence-corrected chi connectivity index (χ4v) is 3.35. The zero-order valence-electron chi connectivity index (χ0n) is 17.9. The van der Waals surface area contributed by atoms with Crippen LogP contribution in [0.5, 0.6) is 11.5 Å². The molecule has 0 unspecified atom stereocenters. The van der Waals surface area contributed by atoms with Gasteiger partial charge >= 0.3 is 5.97 Å². The maximum absolute atomic E-state index is 12.8. The van der Waals surface area contributed by atoms with Gasteiger partial charge < -0.3 is 27.9 Å². The number of ether oxygens (including phenoxy) is 3. The molecule has 0 saturated heterocycles. The second-order valence-corrected chi connectivity index (χ2v) is 6.91. The summed E-state index contributed by atoms with van der Waals surface area (Å²) in [6.45, 7) is 10.0. The Hall–Kier alpha value is -3.00. The lowest BCUT2D eigenvalue weighted by Gasteiger charge is -2.19. The third-order valence-corrected chi connectivity index (χ3v) is 5.00. The molecular formula is C22H27NO7. The zero-order valence-corrected chi connectivity index (χ0v) is 17.9. The van der Waals surface area contributed by atoms with Crippen LogP contribution in [-0.4, -0.2) is 50.3 Å². The van der Waals surface area contributed by atoms with E-state index in [4.69, 9.17) is 23.0 Å². The van der Waals surface area contributed by atoms with Crippen molar-refractivity contribution in [1.29, 1.82) is 0 Å². The Balaban J connectivity index is 1.94. The van der Waals surface area contributed by atoms with Gasteiger partial charge in [-0.15, -0.1) is 0 Å². The predicted molar refractivity (Wildman–Crippen MR) is 112 cm³/mol. The van der Waals surface area contributed by atoms with Crippen LogP contribution in [0.3, 0.4) is 0 Å². The molecule has 0 aliphatic rings. The SMILES string of the molecule is CCN(CC)CCOC(=O)[C@@H](C)Oc1c2ccoc2c(OC)c2oc(C)cc(=O)c12. The van der Waals surface area contributed by atoms with Crippen LogP contribution in [0.2, 0.25) is 0 Å². The van der Waals surface area contributed by atoms with Gasteiger partial charge in [0.1, 0.15) is 23.5 Å². The quantitative estimate of drug-likeness (QED) is 0.489. The highest BCUT2D eigenvalue weighted by atomic mass is 16.6. The summed E-state index contributed by atoms with van der Waals surface area (Å²) >= 11 is 0. The van der Waals surface area contributed by atoms with E-state index in [1.807, 2.05) is 0 Å². The minimum Gasteiger partial charge on any atom is -0.490 e. The van der Waals surface area contributed by atoms with E-state index >= 15 is 0 Å². The highest BCUT2D eigenvalue weighted by molar-refractivity contribution is 6.06. The molecule has 3 aromatic rings. The molecule has 0 bridgehead atoms. The molecule has 0 fully saturated rings.